The Balaban J connectivity index is 1.50. The van der Waals surface area contributed by atoms with Crippen molar-refractivity contribution in [2.45, 2.75) is 44.8 Å². The number of hydrogen-bond acceptors (Lipinski definition) is 5. The van der Waals surface area contributed by atoms with Gasteiger partial charge in [0.1, 0.15) is 5.76 Å². The van der Waals surface area contributed by atoms with Gasteiger partial charge in [0, 0.05) is 6.54 Å². The zero-order chi connectivity index (χ0) is 15.8. The molecule has 2 aromatic rings. The molecule has 0 radical (unpaired) electrons. The first-order valence-electron chi connectivity index (χ1n) is 8.13. The van der Waals surface area contributed by atoms with Gasteiger partial charge in [0.25, 0.3) is 0 Å². The Morgan fingerprint density at radius 1 is 1.48 bits per heavy atom. The summed E-state index contributed by atoms with van der Waals surface area (Å²) < 4.78 is 11.5. The van der Waals surface area contributed by atoms with Crippen LogP contribution in [0.4, 0.5) is 0 Å². The molecule has 0 aromatic carbocycles. The molecule has 1 saturated heterocycles. The molecule has 2 fully saturated rings. The molecule has 0 unspecified atom stereocenters. The first kappa shape index (κ1) is 14.9. The van der Waals surface area contributed by atoms with Crippen LogP contribution in [-0.2, 0) is 16.0 Å². The summed E-state index contributed by atoms with van der Waals surface area (Å²) in [4.78, 5) is 20.3. The highest BCUT2D eigenvalue weighted by atomic mass is 32.1. The van der Waals surface area contributed by atoms with Gasteiger partial charge in [-0.3, -0.25) is 4.79 Å². The number of nitrogens with zero attached hydrogens (tertiary/aromatic N) is 2. The Morgan fingerprint density at radius 3 is 3.22 bits per heavy atom. The fourth-order valence-electron chi connectivity index (χ4n) is 3.58. The van der Waals surface area contributed by atoms with Crippen LogP contribution in [0.2, 0.25) is 0 Å². The lowest BCUT2D eigenvalue weighted by Crippen LogP contribution is -2.51. The zero-order valence-corrected chi connectivity index (χ0v) is 14.0. The van der Waals surface area contributed by atoms with Gasteiger partial charge < -0.3 is 14.1 Å². The van der Waals surface area contributed by atoms with Gasteiger partial charge in [-0.25, -0.2) is 4.98 Å². The number of carbonyl (C=O) groups is 1. The van der Waals surface area contributed by atoms with Crippen LogP contribution in [0, 0.1) is 6.92 Å². The summed E-state index contributed by atoms with van der Waals surface area (Å²) in [6.07, 6.45) is 3.80. The summed E-state index contributed by atoms with van der Waals surface area (Å²) in [6, 6.07) is 4.20. The van der Waals surface area contributed by atoms with Gasteiger partial charge in [-0.2, -0.15) is 0 Å². The lowest BCUT2D eigenvalue weighted by atomic mass is 10.1. The molecular weight excluding hydrogens is 312 g/mol. The van der Waals surface area contributed by atoms with Gasteiger partial charge in [0.15, 0.2) is 0 Å². The average Bonchev–Trinajstić information content (AvgIpc) is 3.27. The number of carbonyl (C=O) groups excluding carboxylic acids is 1. The molecule has 2 atom stereocenters. The van der Waals surface area contributed by atoms with E-state index in [1.165, 1.54) is 0 Å². The van der Waals surface area contributed by atoms with Gasteiger partial charge in [-0.05, 0) is 37.6 Å². The second-order valence-corrected chi connectivity index (χ2v) is 7.12. The molecule has 2 aromatic heterocycles. The van der Waals surface area contributed by atoms with Crippen molar-refractivity contribution in [3.8, 4) is 10.8 Å². The summed E-state index contributed by atoms with van der Waals surface area (Å²) in [6.45, 7) is 3.21. The van der Waals surface area contributed by atoms with Crippen LogP contribution in [0.3, 0.4) is 0 Å². The van der Waals surface area contributed by atoms with Crippen molar-refractivity contribution in [2.24, 2.45) is 0 Å². The van der Waals surface area contributed by atoms with Crippen LogP contribution >= 0.6 is 11.3 Å². The summed E-state index contributed by atoms with van der Waals surface area (Å²) in [5.74, 6) is 1.48. The predicted octanol–water partition coefficient (Wildman–Crippen LogP) is 3.03. The van der Waals surface area contributed by atoms with E-state index in [4.69, 9.17) is 9.15 Å². The second-order valence-electron chi connectivity index (χ2n) is 6.17. The van der Waals surface area contributed by atoms with Crippen LogP contribution in [0.15, 0.2) is 21.9 Å². The van der Waals surface area contributed by atoms with E-state index in [0.29, 0.717) is 25.5 Å². The maximum Gasteiger partial charge on any atom is 0.236 e. The highest BCUT2D eigenvalue weighted by Crippen LogP contribution is 2.31. The largest absolute Gasteiger partial charge is 0.440 e. The number of fused-ring (bicyclic) bond motifs is 1. The number of rotatable bonds is 3. The van der Waals surface area contributed by atoms with E-state index in [0.717, 1.165) is 35.6 Å². The van der Waals surface area contributed by atoms with Crippen LogP contribution < -0.4 is 0 Å². The Hall–Kier alpha value is -1.66. The summed E-state index contributed by atoms with van der Waals surface area (Å²) in [5, 5.41) is 1.99. The van der Waals surface area contributed by atoms with Gasteiger partial charge >= 0.3 is 0 Å². The summed E-state index contributed by atoms with van der Waals surface area (Å²) in [7, 11) is 0. The maximum atomic E-state index is 12.7. The molecule has 1 aliphatic carbocycles. The quantitative estimate of drug-likeness (QED) is 0.867. The highest BCUT2D eigenvalue weighted by Gasteiger charge is 2.38. The van der Waals surface area contributed by atoms with E-state index >= 15 is 0 Å². The number of ether oxygens (including phenoxy) is 1. The fraction of sp³-hybridized carbons (Fsp3) is 0.529. The van der Waals surface area contributed by atoms with Gasteiger partial charge in [0.2, 0.25) is 11.8 Å². The molecule has 4 rings (SSSR count). The average molecular weight is 332 g/mol. The van der Waals surface area contributed by atoms with Gasteiger partial charge in [-0.1, -0.05) is 6.07 Å². The molecule has 2 aliphatic rings. The highest BCUT2D eigenvalue weighted by molar-refractivity contribution is 7.13. The van der Waals surface area contributed by atoms with E-state index in [1.54, 1.807) is 11.3 Å². The molecule has 23 heavy (non-hydrogen) atoms. The minimum atomic E-state index is 0.138. The number of thiophene rings is 1. The standard InChI is InChI=1S/C17H20N2O3S/c1-11-12(18-17(22-11)15-6-3-9-23-15)10-16(20)19-7-8-21-14-5-2-4-13(14)19/h3,6,9,13-14H,2,4-5,7-8,10H2,1H3/t13-,14-/m0/s1. The molecular formula is C17H20N2O3S. The molecule has 0 bridgehead atoms. The molecule has 0 spiro atoms. The minimum Gasteiger partial charge on any atom is -0.440 e. The monoisotopic (exact) mass is 332 g/mol. The number of aromatic nitrogens is 1. The van der Waals surface area contributed by atoms with Crippen molar-refractivity contribution < 1.29 is 13.9 Å². The maximum absolute atomic E-state index is 12.7. The second kappa shape index (κ2) is 6.09. The number of amides is 1. The first-order valence-corrected chi connectivity index (χ1v) is 9.01. The fourth-order valence-corrected chi connectivity index (χ4v) is 4.23. The molecule has 1 aliphatic heterocycles. The number of oxazole rings is 1. The van der Waals surface area contributed by atoms with Crippen molar-refractivity contribution >= 4 is 17.2 Å². The Morgan fingerprint density at radius 2 is 2.39 bits per heavy atom. The first-order chi connectivity index (χ1) is 11.2. The van der Waals surface area contributed by atoms with E-state index in [9.17, 15) is 4.79 Å². The van der Waals surface area contributed by atoms with Crippen molar-refractivity contribution in [3.05, 3.63) is 29.0 Å². The Labute approximate surface area is 139 Å². The third-order valence-electron chi connectivity index (χ3n) is 4.75. The third kappa shape index (κ3) is 2.81. The molecule has 5 nitrogen and oxygen atoms in total. The van der Waals surface area contributed by atoms with Gasteiger partial charge in [0.05, 0.1) is 35.7 Å². The van der Waals surface area contributed by atoms with E-state index < -0.39 is 0 Å². The lowest BCUT2D eigenvalue weighted by molar-refractivity contribution is -0.143. The number of morpholine rings is 1. The zero-order valence-electron chi connectivity index (χ0n) is 13.2. The lowest BCUT2D eigenvalue weighted by Gasteiger charge is -2.37. The summed E-state index contributed by atoms with van der Waals surface area (Å²) in [5.41, 5.74) is 0.749. The molecule has 122 valence electrons. The molecule has 6 heteroatoms. The smallest absolute Gasteiger partial charge is 0.236 e. The van der Waals surface area contributed by atoms with Crippen LogP contribution in [0.25, 0.3) is 10.8 Å². The molecule has 3 heterocycles. The van der Waals surface area contributed by atoms with Crippen molar-refractivity contribution in [2.75, 3.05) is 13.2 Å². The topological polar surface area (TPSA) is 55.6 Å². The molecule has 1 amide bonds. The van der Waals surface area contributed by atoms with Crippen molar-refractivity contribution in [3.63, 3.8) is 0 Å². The summed E-state index contributed by atoms with van der Waals surface area (Å²) >= 11 is 1.59. The Kier molecular flexibility index (Phi) is 3.95. The SMILES string of the molecule is Cc1oc(-c2cccs2)nc1CC(=O)N1CCO[C@H]2CCC[C@@H]21. The molecule has 1 saturated carbocycles. The Bertz CT molecular complexity index is 695. The van der Waals surface area contributed by atoms with Gasteiger partial charge in [-0.15, -0.1) is 11.3 Å². The van der Waals surface area contributed by atoms with E-state index in [-0.39, 0.29) is 18.1 Å². The van der Waals surface area contributed by atoms with E-state index in [2.05, 4.69) is 4.98 Å². The predicted molar refractivity (Wildman–Crippen MR) is 87.3 cm³/mol. The number of aryl methyl sites for hydroxylation is 1. The molecule has 0 N–H and O–H groups in total. The van der Waals surface area contributed by atoms with Crippen molar-refractivity contribution in [1.29, 1.82) is 0 Å². The van der Waals surface area contributed by atoms with E-state index in [1.807, 2.05) is 29.3 Å². The number of hydrogen-bond donors (Lipinski definition) is 0. The minimum absolute atomic E-state index is 0.138. The van der Waals surface area contributed by atoms with Crippen molar-refractivity contribution in [1.82, 2.24) is 9.88 Å². The third-order valence-corrected chi connectivity index (χ3v) is 5.60. The van der Waals surface area contributed by atoms with Crippen LogP contribution in [0.5, 0.6) is 0 Å². The normalized spacial score (nSPS) is 24.0. The van der Waals surface area contributed by atoms with Crippen LogP contribution in [-0.4, -0.2) is 41.1 Å². The van der Waals surface area contributed by atoms with Crippen LogP contribution in [0.1, 0.15) is 30.7 Å².